The second-order valence-electron chi connectivity index (χ2n) is 7.40. The molecule has 4 rings (SSSR count). The van der Waals surface area contributed by atoms with Crippen LogP contribution in [-0.4, -0.2) is 74.3 Å². The molecule has 6 heteroatoms. The first-order chi connectivity index (χ1) is 10.8. The zero-order valence-electron chi connectivity index (χ0n) is 14.2. The van der Waals surface area contributed by atoms with E-state index in [-0.39, 0.29) is 24.0 Å². The van der Waals surface area contributed by atoms with Gasteiger partial charge in [0.2, 0.25) is 0 Å². The highest BCUT2D eigenvalue weighted by Crippen LogP contribution is 2.47. The van der Waals surface area contributed by atoms with Gasteiger partial charge < -0.3 is 19.9 Å². The van der Waals surface area contributed by atoms with E-state index < -0.39 is 0 Å². The lowest BCUT2D eigenvalue weighted by atomic mass is 9.82. The fourth-order valence-corrected chi connectivity index (χ4v) is 4.97. The molecule has 132 valence electrons. The number of fused-ring (bicyclic) bond motifs is 5. The molecular formula is C17H31IN4O. The number of rotatable bonds is 3. The third kappa shape index (κ3) is 3.63. The Morgan fingerprint density at radius 1 is 1.09 bits per heavy atom. The molecule has 5 nitrogen and oxygen atoms in total. The molecule has 4 aliphatic rings. The van der Waals surface area contributed by atoms with Crippen LogP contribution in [0.2, 0.25) is 0 Å². The second-order valence-corrected chi connectivity index (χ2v) is 7.40. The predicted octanol–water partition coefficient (Wildman–Crippen LogP) is 1.77. The maximum Gasteiger partial charge on any atom is 0.193 e. The lowest BCUT2D eigenvalue weighted by molar-refractivity contribution is 0.0767. The smallest absolute Gasteiger partial charge is 0.193 e. The van der Waals surface area contributed by atoms with Crippen molar-refractivity contribution >= 4 is 29.9 Å². The summed E-state index contributed by atoms with van der Waals surface area (Å²) in [5.41, 5.74) is 0. The molecule has 4 aliphatic heterocycles. The van der Waals surface area contributed by atoms with E-state index in [1.807, 2.05) is 7.05 Å². The van der Waals surface area contributed by atoms with Crippen molar-refractivity contribution in [3.8, 4) is 0 Å². The van der Waals surface area contributed by atoms with Gasteiger partial charge >= 0.3 is 0 Å². The minimum Gasteiger partial charge on any atom is -0.374 e. The van der Waals surface area contributed by atoms with Gasteiger partial charge in [-0.25, -0.2) is 0 Å². The number of guanidine groups is 1. The second kappa shape index (κ2) is 7.87. The van der Waals surface area contributed by atoms with E-state index >= 15 is 0 Å². The molecule has 0 radical (unpaired) electrons. The number of likely N-dealkylation sites (tertiary alicyclic amines) is 2. The summed E-state index contributed by atoms with van der Waals surface area (Å²) < 4.78 is 6.07. The van der Waals surface area contributed by atoms with E-state index in [1.165, 1.54) is 45.2 Å². The largest absolute Gasteiger partial charge is 0.374 e. The van der Waals surface area contributed by atoms with Gasteiger partial charge in [-0.05, 0) is 38.8 Å². The Kier molecular flexibility index (Phi) is 6.07. The van der Waals surface area contributed by atoms with Crippen molar-refractivity contribution in [1.29, 1.82) is 0 Å². The van der Waals surface area contributed by atoms with Crippen LogP contribution in [0.5, 0.6) is 0 Å². The monoisotopic (exact) mass is 434 g/mol. The first-order valence-corrected chi connectivity index (χ1v) is 9.18. The van der Waals surface area contributed by atoms with Crippen molar-refractivity contribution in [2.75, 3.05) is 46.3 Å². The molecule has 1 N–H and O–H groups in total. The molecule has 4 heterocycles. The summed E-state index contributed by atoms with van der Waals surface area (Å²) in [6.07, 6.45) is 7.77. The Labute approximate surface area is 157 Å². The maximum atomic E-state index is 6.07. The van der Waals surface area contributed by atoms with Gasteiger partial charge in [-0.15, -0.1) is 24.0 Å². The minimum absolute atomic E-state index is 0. The van der Waals surface area contributed by atoms with Gasteiger partial charge in [0.25, 0.3) is 0 Å². The van der Waals surface area contributed by atoms with Crippen LogP contribution in [0, 0.1) is 11.8 Å². The van der Waals surface area contributed by atoms with Crippen LogP contribution in [0.15, 0.2) is 4.99 Å². The predicted molar refractivity (Wildman–Crippen MR) is 104 cm³/mol. The van der Waals surface area contributed by atoms with Gasteiger partial charge in [0.15, 0.2) is 5.96 Å². The number of hydrogen-bond acceptors (Lipinski definition) is 3. The van der Waals surface area contributed by atoms with Gasteiger partial charge in [0.1, 0.15) is 0 Å². The molecule has 0 aliphatic carbocycles. The Morgan fingerprint density at radius 2 is 1.74 bits per heavy atom. The highest BCUT2D eigenvalue weighted by Gasteiger charge is 2.53. The van der Waals surface area contributed by atoms with Crippen LogP contribution in [0.1, 0.15) is 32.1 Å². The third-order valence-electron chi connectivity index (χ3n) is 6.12. The lowest BCUT2D eigenvalue weighted by Gasteiger charge is -2.28. The van der Waals surface area contributed by atoms with Gasteiger partial charge in [0, 0.05) is 45.1 Å². The number of nitrogens with zero attached hydrogens (tertiary/aromatic N) is 3. The zero-order valence-corrected chi connectivity index (χ0v) is 16.6. The Hall–Kier alpha value is -0.0800. The summed E-state index contributed by atoms with van der Waals surface area (Å²) in [6.45, 7) is 6.98. The lowest BCUT2D eigenvalue weighted by Crippen LogP contribution is -2.44. The maximum absolute atomic E-state index is 6.07. The van der Waals surface area contributed by atoms with Crippen LogP contribution in [-0.2, 0) is 4.74 Å². The van der Waals surface area contributed by atoms with Crippen molar-refractivity contribution in [3.05, 3.63) is 0 Å². The van der Waals surface area contributed by atoms with Gasteiger partial charge in [-0.3, -0.25) is 4.99 Å². The third-order valence-corrected chi connectivity index (χ3v) is 6.12. The molecule has 0 aromatic heterocycles. The molecule has 2 bridgehead atoms. The van der Waals surface area contributed by atoms with Crippen LogP contribution in [0.4, 0.5) is 0 Å². The highest BCUT2D eigenvalue weighted by molar-refractivity contribution is 14.0. The van der Waals surface area contributed by atoms with Crippen molar-refractivity contribution < 1.29 is 4.74 Å². The van der Waals surface area contributed by atoms with Crippen LogP contribution in [0.25, 0.3) is 0 Å². The molecule has 0 amide bonds. The van der Waals surface area contributed by atoms with E-state index in [0.717, 1.165) is 44.0 Å². The molecule has 4 fully saturated rings. The Morgan fingerprint density at radius 3 is 2.35 bits per heavy atom. The number of halogens is 1. The molecule has 0 spiro atoms. The summed E-state index contributed by atoms with van der Waals surface area (Å²) in [7, 11) is 1.92. The fourth-order valence-electron chi connectivity index (χ4n) is 4.97. The highest BCUT2D eigenvalue weighted by atomic mass is 127. The number of hydrogen-bond donors (Lipinski definition) is 1. The molecule has 4 atom stereocenters. The summed E-state index contributed by atoms with van der Waals surface area (Å²) in [6, 6.07) is 0. The minimum atomic E-state index is 0. The number of nitrogens with one attached hydrogen (secondary N) is 1. The van der Waals surface area contributed by atoms with Gasteiger partial charge in [-0.1, -0.05) is 6.42 Å². The van der Waals surface area contributed by atoms with Crippen molar-refractivity contribution in [2.45, 2.75) is 44.3 Å². The van der Waals surface area contributed by atoms with Gasteiger partial charge in [-0.2, -0.15) is 0 Å². The Balaban J connectivity index is 0.00000156. The normalized spacial score (nSPS) is 36.9. The SMILES string of the molecule is CN=C(NCCN1CCCCC1)N1CC2C3CCC(O3)C2C1.I. The van der Waals surface area contributed by atoms with E-state index in [0.29, 0.717) is 12.2 Å². The van der Waals surface area contributed by atoms with Crippen molar-refractivity contribution in [1.82, 2.24) is 15.1 Å². The molecule has 0 aromatic rings. The molecule has 0 aromatic carbocycles. The first kappa shape index (κ1) is 17.7. The summed E-state index contributed by atoms with van der Waals surface area (Å²) in [4.78, 5) is 9.57. The average molecular weight is 434 g/mol. The Bertz CT molecular complexity index is 409. The first-order valence-electron chi connectivity index (χ1n) is 9.18. The number of ether oxygens (including phenoxy) is 1. The average Bonchev–Trinajstić information content (AvgIpc) is 3.25. The summed E-state index contributed by atoms with van der Waals surface area (Å²) in [5.74, 6) is 2.60. The molecular weight excluding hydrogens is 403 g/mol. The fraction of sp³-hybridized carbons (Fsp3) is 0.941. The summed E-state index contributed by atoms with van der Waals surface area (Å²) >= 11 is 0. The number of aliphatic imine (C=N–C) groups is 1. The van der Waals surface area contributed by atoms with Crippen LogP contribution in [0.3, 0.4) is 0 Å². The molecule has 23 heavy (non-hydrogen) atoms. The van der Waals surface area contributed by atoms with E-state index in [4.69, 9.17) is 4.74 Å². The standard InChI is InChI=1S/C17H30N4O.HI/c1-18-17(19-7-10-20-8-3-2-4-9-20)21-11-13-14(12-21)16-6-5-15(13)22-16;/h13-16H,2-12H2,1H3,(H,18,19);1H. The van der Waals surface area contributed by atoms with Crippen molar-refractivity contribution in [2.24, 2.45) is 16.8 Å². The van der Waals surface area contributed by atoms with E-state index in [9.17, 15) is 0 Å². The van der Waals surface area contributed by atoms with Crippen molar-refractivity contribution in [3.63, 3.8) is 0 Å². The quantitative estimate of drug-likeness (QED) is 0.418. The molecule has 0 saturated carbocycles. The summed E-state index contributed by atoms with van der Waals surface area (Å²) in [5, 5.41) is 3.59. The molecule has 4 unspecified atom stereocenters. The van der Waals surface area contributed by atoms with Gasteiger partial charge in [0.05, 0.1) is 12.2 Å². The number of piperidine rings is 1. The molecule has 4 saturated heterocycles. The van der Waals surface area contributed by atoms with Crippen LogP contribution < -0.4 is 5.32 Å². The topological polar surface area (TPSA) is 40.1 Å². The zero-order chi connectivity index (χ0) is 14.9. The van der Waals surface area contributed by atoms with Crippen LogP contribution >= 0.6 is 24.0 Å². The van der Waals surface area contributed by atoms with E-state index in [1.54, 1.807) is 0 Å². The van der Waals surface area contributed by atoms with E-state index in [2.05, 4.69) is 20.1 Å².